The predicted octanol–water partition coefficient (Wildman–Crippen LogP) is 13.2. The molecule has 0 aliphatic heterocycles. The van der Waals surface area contributed by atoms with Gasteiger partial charge in [-0.2, -0.15) is 0 Å². The van der Waals surface area contributed by atoms with Crippen molar-refractivity contribution in [1.29, 1.82) is 0 Å². The third-order valence-electron chi connectivity index (χ3n) is 8.99. The monoisotopic (exact) mass is 795 g/mol. The van der Waals surface area contributed by atoms with Gasteiger partial charge in [-0.3, -0.25) is 9.13 Å². The maximum Gasteiger partial charge on any atom is 2.00 e. The molecule has 0 saturated heterocycles. The van der Waals surface area contributed by atoms with Crippen LogP contribution in [0.5, 0.6) is 0 Å². The number of phosphoric acid groups is 2. The van der Waals surface area contributed by atoms with E-state index in [-0.39, 0.29) is 64.2 Å². The fourth-order valence-electron chi connectivity index (χ4n) is 5.72. The SMILES string of the molecule is CCCCCCCCCCOP(=O)([O-])OCCCCCCCCCC.CCCCCCCCCCOP(=O)([O-])OCCCCCCCCCC.[Ca+2]. The molecule has 0 heterocycles. The maximum atomic E-state index is 11.6. The van der Waals surface area contributed by atoms with Gasteiger partial charge in [0.15, 0.2) is 0 Å². The molecule has 0 aromatic carbocycles. The molecule has 0 atom stereocenters. The fraction of sp³-hybridized carbons (Fsp3) is 1.00. The summed E-state index contributed by atoms with van der Waals surface area (Å²) in [6.07, 6.45) is 37.7. The standard InChI is InChI=1S/2C20H43O4P.Ca/c2*1-3-5-7-9-11-13-15-17-19-23-25(21,22)24-20-18-16-14-12-10-8-6-4-2;/h2*3-20H2,1-2H3,(H,21,22);/q;;+2/p-2. The Morgan fingerprint density at radius 2 is 0.431 bits per heavy atom. The van der Waals surface area contributed by atoms with E-state index in [9.17, 15) is 18.9 Å². The summed E-state index contributed by atoms with van der Waals surface area (Å²) < 4.78 is 43.0. The second-order valence-electron chi connectivity index (χ2n) is 14.1. The summed E-state index contributed by atoms with van der Waals surface area (Å²) >= 11 is 0. The molecule has 11 heteroatoms. The first-order valence-electron chi connectivity index (χ1n) is 21.4. The van der Waals surface area contributed by atoms with Crippen LogP contribution in [0.1, 0.15) is 233 Å². The first-order chi connectivity index (χ1) is 24.2. The van der Waals surface area contributed by atoms with Crippen molar-refractivity contribution in [3.05, 3.63) is 0 Å². The summed E-state index contributed by atoms with van der Waals surface area (Å²) in [6.45, 7) is 9.90. The van der Waals surface area contributed by atoms with Gasteiger partial charge < -0.3 is 27.9 Å². The fourth-order valence-corrected chi connectivity index (χ4v) is 7.28. The first-order valence-corrected chi connectivity index (χ1v) is 24.4. The van der Waals surface area contributed by atoms with E-state index < -0.39 is 15.6 Å². The zero-order chi connectivity index (χ0) is 37.3. The van der Waals surface area contributed by atoms with Crippen molar-refractivity contribution in [3.63, 3.8) is 0 Å². The van der Waals surface area contributed by atoms with Crippen molar-refractivity contribution < 1.29 is 37.0 Å². The van der Waals surface area contributed by atoms with Gasteiger partial charge in [0.05, 0.1) is 26.4 Å². The number of hydrogen-bond acceptors (Lipinski definition) is 8. The molecule has 0 rings (SSSR count). The van der Waals surface area contributed by atoms with E-state index in [1.165, 1.54) is 128 Å². The number of phosphoric ester groups is 2. The largest absolute Gasteiger partial charge is 2.00 e. The Hall–Kier alpha value is 1.48. The second-order valence-corrected chi connectivity index (χ2v) is 16.9. The molecule has 0 fully saturated rings. The molecule has 0 unspecified atom stereocenters. The van der Waals surface area contributed by atoms with Gasteiger partial charge >= 0.3 is 37.7 Å². The Balaban J connectivity index is -0.000000886. The predicted molar refractivity (Wildman–Crippen MR) is 215 cm³/mol. The van der Waals surface area contributed by atoms with Crippen molar-refractivity contribution >= 4 is 53.4 Å². The minimum absolute atomic E-state index is 0. The molecule has 0 aliphatic rings. The van der Waals surface area contributed by atoms with Gasteiger partial charge in [0, 0.05) is 0 Å². The van der Waals surface area contributed by atoms with E-state index in [1.807, 2.05) is 0 Å². The quantitative estimate of drug-likeness (QED) is 0.0342. The van der Waals surface area contributed by atoms with Crippen molar-refractivity contribution in [2.75, 3.05) is 26.4 Å². The molecule has 0 aromatic heterocycles. The number of rotatable bonds is 40. The Bertz CT molecular complexity index is 635. The van der Waals surface area contributed by atoms with Crippen LogP contribution in [0.2, 0.25) is 0 Å². The maximum absolute atomic E-state index is 11.6. The van der Waals surface area contributed by atoms with Crippen LogP contribution in [0.15, 0.2) is 0 Å². The summed E-state index contributed by atoms with van der Waals surface area (Å²) in [5, 5.41) is 0. The molecule has 0 bridgehead atoms. The molecule has 0 amide bonds. The van der Waals surface area contributed by atoms with Gasteiger partial charge in [-0.15, -0.1) is 0 Å². The van der Waals surface area contributed by atoms with Crippen LogP contribution < -0.4 is 9.79 Å². The van der Waals surface area contributed by atoms with Crippen LogP contribution in [0, 0.1) is 0 Å². The molecule has 8 nitrogen and oxygen atoms in total. The van der Waals surface area contributed by atoms with Crippen LogP contribution in [0.25, 0.3) is 0 Å². The Morgan fingerprint density at radius 1 is 0.294 bits per heavy atom. The number of hydrogen-bond donors (Lipinski definition) is 0. The van der Waals surface area contributed by atoms with Gasteiger partial charge in [-0.25, -0.2) is 0 Å². The molecule has 304 valence electrons. The van der Waals surface area contributed by atoms with Gasteiger partial charge in [-0.1, -0.05) is 207 Å². The summed E-state index contributed by atoms with van der Waals surface area (Å²) in [6, 6.07) is 0. The Morgan fingerprint density at radius 3 is 0.588 bits per heavy atom. The normalized spacial score (nSPS) is 11.7. The van der Waals surface area contributed by atoms with Crippen LogP contribution in [0.4, 0.5) is 0 Å². The van der Waals surface area contributed by atoms with Gasteiger partial charge in [0.2, 0.25) is 0 Å². The van der Waals surface area contributed by atoms with Gasteiger partial charge in [0.1, 0.15) is 0 Å². The first kappa shape index (κ1) is 56.8. The van der Waals surface area contributed by atoms with E-state index >= 15 is 0 Å². The number of unbranched alkanes of at least 4 members (excludes halogenated alkanes) is 28. The van der Waals surface area contributed by atoms with Crippen molar-refractivity contribution in [3.8, 4) is 0 Å². The molecule has 0 aliphatic carbocycles. The van der Waals surface area contributed by atoms with Crippen LogP contribution in [-0.4, -0.2) is 64.2 Å². The summed E-state index contributed by atoms with van der Waals surface area (Å²) in [4.78, 5) is 23.3. The van der Waals surface area contributed by atoms with Crippen molar-refractivity contribution in [1.82, 2.24) is 0 Å². The second kappa shape index (κ2) is 45.9. The summed E-state index contributed by atoms with van der Waals surface area (Å²) in [5.74, 6) is 0. The van der Waals surface area contributed by atoms with Crippen LogP contribution in [0.3, 0.4) is 0 Å². The topological polar surface area (TPSA) is 117 Å². The molecule has 0 spiro atoms. The third-order valence-corrected chi connectivity index (χ3v) is 11.0. The van der Waals surface area contributed by atoms with Crippen molar-refractivity contribution in [2.45, 2.75) is 233 Å². The van der Waals surface area contributed by atoms with E-state index in [0.29, 0.717) is 0 Å². The zero-order valence-corrected chi connectivity index (χ0v) is 38.3. The Labute approximate surface area is 347 Å². The van der Waals surface area contributed by atoms with E-state index in [1.54, 1.807) is 0 Å². The van der Waals surface area contributed by atoms with Gasteiger partial charge in [-0.05, 0) is 25.7 Å². The molecular weight excluding hydrogens is 710 g/mol. The summed E-state index contributed by atoms with van der Waals surface area (Å²) in [5.41, 5.74) is 0. The third kappa shape index (κ3) is 51.5. The average molecular weight is 795 g/mol. The molecular formula is C40H84CaO8P2. The minimum Gasteiger partial charge on any atom is -0.756 e. The van der Waals surface area contributed by atoms with Crippen LogP contribution in [-0.2, 0) is 27.2 Å². The van der Waals surface area contributed by atoms with Crippen molar-refractivity contribution in [2.24, 2.45) is 0 Å². The van der Waals surface area contributed by atoms with E-state index in [2.05, 4.69) is 27.7 Å². The zero-order valence-electron chi connectivity index (χ0n) is 34.3. The Kier molecular flexibility index (Phi) is 51.1. The molecule has 51 heavy (non-hydrogen) atoms. The average Bonchev–Trinajstić information content (AvgIpc) is 3.09. The van der Waals surface area contributed by atoms with E-state index in [0.717, 1.165) is 77.0 Å². The smallest absolute Gasteiger partial charge is 0.756 e. The molecule has 0 N–H and O–H groups in total. The van der Waals surface area contributed by atoms with Crippen LogP contribution >= 0.6 is 15.6 Å². The van der Waals surface area contributed by atoms with E-state index in [4.69, 9.17) is 18.1 Å². The van der Waals surface area contributed by atoms with Gasteiger partial charge in [0.25, 0.3) is 15.6 Å². The molecule has 0 aromatic rings. The molecule has 0 radical (unpaired) electrons. The minimum atomic E-state index is -4.08. The summed E-state index contributed by atoms with van der Waals surface area (Å²) in [7, 11) is -8.17. The molecule has 0 saturated carbocycles.